The van der Waals surface area contributed by atoms with E-state index in [2.05, 4.69) is 10.1 Å². The Balaban J connectivity index is 1.96. The molecule has 0 bridgehead atoms. The summed E-state index contributed by atoms with van der Waals surface area (Å²) in [5.41, 5.74) is 2.32. The average molecular weight is 375 g/mol. The molecule has 0 aliphatic rings. The number of benzene rings is 2. The van der Waals surface area contributed by atoms with E-state index in [1.807, 2.05) is 30.3 Å². The number of pyridine rings is 1. The van der Waals surface area contributed by atoms with Gasteiger partial charge in [-0.3, -0.25) is 10.1 Å². The van der Waals surface area contributed by atoms with Gasteiger partial charge in [-0.2, -0.15) is 0 Å². The van der Waals surface area contributed by atoms with E-state index in [-0.39, 0.29) is 17.0 Å². The van der Waals surface area contributed by atoms with Crippen LogP contribution < -0.4 is 0 Å². The lowest BCUT2D eigenvalue weighted by Crippen LogP contribution is -2.04. The zero-order valence-electron chi connectivity index (χ0n) is 14.7. The summed E-state index contributed by atoms with van der Waals surface area (Å²) < 4.78 is 10.3. The Morgan fingerprint density at radius 1 is 1.07 bits per heavy atom. The minimum Gasteiger partial charge on any atom is -0.465 e. The van der Waals surface area contributed by atoms with Gasteiger partial charge in [0.2, 0.25) is 0 Å². The molecule has 2 aromatic carbocycles. The Morgan fingerprint density at radius 3 is 2.54 bits per heavy atom. The van der Waals surface area contributed by atoms with Gasteiger partial charge in [0.05, 0.1) is 28.7 Å². The summed E-state index contributed by atoms with van der Waals surface area (Å²) in [4.78, 5) is 27.4. The number of aromatic nitrogens is 2. The van der Waals surface area contributed by atoms with E-state index in [9.17, 15) is 14.9 Å². The van der Waals surface area contributed by atoms with Crippen molar-refractivity contribution < 1.29 is 19.0 Å². The van der Waals surface area contributed by atoms with Gasteiger partial charge < -0.3 is 9.26 Å². The number of ether oxygens (including phenoxy) is 1. The number of carbonyl (C=O) groups is 1. The second kappa shape index (κ2) is 6.92. The first-order valence-electron chi connectivity index (χ1n) is 8.27. The Labute approximate surface area is 158 Å². The molecule has 138 valence electrons. The molecule has 28 heavy (non-hydrogen) atoms. The molecule has 0 saturated carbocycles. The zero-order chi connectivity index (χ0) is 19.7. The van der Waals surface area contributed by atoms with Crippen LogP contribution in [0.5, 0.6) is 0 Å². The lowest BCUT2D eigenvalue weighted by Gasteiger charge is -2.06. The van der Waals surface area contributed by atoms with Crippen LogP contribution in [0.15, 0.2) is 65.2 Å². The second-order valence-electron chi connectivity index (χ2n) is 5.93. The Bertz CT molecular complexity index is 1200. The van der Waals surface area contributed by atoms with Crippen LogP contribution in [-0.4, -0.2) is 28.1 Å². The van der Waals surface area contributed by atoms with E-state index >= 15 is 0 Å². The predicted octanol–water partition coefficient (Wildman–Crippen LogP) is 4.25. The van der Waals surface area contributed by atoms with E-state index in [0.29, 0.717) is 22.3 Å². The van der Waals surface area contributed by atoms with Crippen LogP contribution in [-0.2, 0) is 4.74 Å². The van der Waals surface area contributed by atoms with E-state index < -0.39 is 10.9 Å². The summed E-state index contributed by atoms with van der Waals surface area (Å²) in [6, 6.07) is 16.7. The number of nitrogens with zero attached hydrogens (tertiary/aromatic N) is 3. The van der Waals surface area contributed by atoms with Gasteiger partial charge in [-0.25, -0.2) is 9.78 Å². The molecule has 8 heteroatoms. The second-order valence-corrected chi connectivity index (χ2v) is 5.93. The van der Waals surface area contributed by atoms with Gasteiger partial charge >= 0.3 is 5.97 Å². The molecule has 8 nitrogen and oxygen atoms in total. The summed E-state index contributed by atoms with van der Waals surface area (Å²) in [6.07, 6.45) is 0. The maximum Gasteiger partial charge on any atom is 0.338 e. The summed E-state index contributed by atoms with van der Waals surface area (Å²) >= 11 is 0. The van der Waals surface area contributed by atoms with Crippen LogP contribution in [0, 0.1) is 10.1 Å². The number of hydrogen-bond acceptors (Lipinski definition) is 7. The number of nitro benzene ring substituents is 1. The molecule has 0 radical (unpaired) electrons. The number of esters is 1. The van der Waals surface area contributed by atoms with Crippen molar-refractivity contribution in [3.8, 4) is 22.5 Å². The van der Waals surface area contributed by atoms with E-state index in [1.165, 1.54) is 25.3 Å². The number of rotatable bonds is 4. The maximum absolute atomic E-state index is 12.4. The third-order valence-electron chi connectivity index (χ3n) is 4.25. The lowest BCUT2D eigenvalue weighted by atomic mass is 10.0. The number of carbonyl (C=O) groups excluding carboxylic acids is 1. The number of fused-ring (bicyclic) bond motifs is 1. The van der Waals surface area contributed by atoms with Gasteiger partial charge in [0, 0.05) is 23.3 Å². The van der Waals surface area contributed by atoms with Crippen molar-refractivity contribution in [1.29, 1.82) is 0 Å². The molecule has 0 fully saturated rings. The molecule has 0 atom stereocenters. The molecular weight excluding hydrogens is 362 g/mol. The topological polar surface area (TPSA) is 108 Å². The first-order valence-corrected chi connectivity index (χ1v) is 8.27. The van der Waals surface area contributed by atoms with Gasteiger partial charge in [0.1, 0.15) is 5.69 Å². The highest BCUT2D eigenvalue weighted by atomic mass is 16.6. The first kappa shape index (κ1) is 17.3. The highest BCUT2D eigenvalue weighted by Gasteiger charge is 2.22. The normalized spacial score (nSPS) is 10.8. The SMILES string of the molecule is COC(=O)c1cc(-c2cccc([N+](=O)[O-])c2)nc2onc(-c3ccccc3)c12. The minimum absolute atomic E-state index is 0.0819. The Kier molecular flexibility index (Phi) is 4.29. The largest absolute Gasteiger partial charge is 0.465 e. The summed E-state index contributed by atoms with van der Waals surface area (Å²) in [7, 11) is 1.28. The molecule has 0 saturated heterocycles. The van der Waals surface area contributed by atoms with Crippen molar-refractivity contribution in [3.63, 3.8) is 0 Å². The van der Waals surface area contributed by atoms with E-state index in [4.69, 9.17) is 9.26 Å². The van der Waals surface area contributed by atoms with Crippen LogP contribution in [0.1, 0.15) is 10.4 Å². The quantitative estimate of drug-likeness (QED) is 0.298. The van der Waals surface area contributed by atoms with Crippen LogP contribution in [0.3, 0.4) is 0 Å². The van der Waals surface area contributed by atoms with Crippen LogP contribution in [0.2, 0.25) is 0 Å². The van der Waals surface area contributed by atoms with Crippen LogP contribution in [0.25, 0.3) is 33.6 Å². The van der Waals surface area contributed by atoms with Gasteiger partial charge in [0.25, 0.3) is 11.4 Å². The molecule has 0 aliphatic heterocycles. The molecule has 0 aliphatic carbocycles. The standard InChI is InChI=1S/C20H13N3O5/c1-27-20(24)15-11-16(13-8-5-9-14(10-13)23(25)26)21-19-17(15)18(22-28-19)12-6-3-2-4-7-12/h2-11H,1H3. The molecule has 2 aromatic heterocycles. The molecular formula is C20H13N3O5. The fourth-order valence-corrected chi connectivity index (χ4v) is 2.94. The minimum atomic E-state index is -0.584. The molecule has 4 rings (SSSR count). The maximum atomic E-state index is 12.4. The van der Waals surface area contributed by atoms with Crippen molar-refractivity contribution in [1.82, 2.24) is 10.1 Å². The first-order chi connectivity index (χ1) is 13.6. The zero-order valence-corrected chi connectivity index (χ0v) is 14.7. The van der Waals surface area contributed by atoms with Gasteiger partial charge in [0.15, 0.2) is 0 Å². The number of nitro groups is 1. The fraction of sp³-hybridized carbons (Fsp3) is 0.0500. The highest BCUT2D eigenvalue weighted by molar-refractivity contribution is 6.08. The summed E-state index contributed by atoms with van der Waals surface area (Å²) in [6.45, 7) is 0. The van der Waals surface area contributed by atoms with Gasteiger partial charge in [-0.05, 0) is 6.07 Å². The van der Waals surface area contributed by atoms with Gasteiger partial charge in [-0.15, -0.1) is 0 Å². The molecule has 0 spiro atoms. The summed E-state index contributed by atoms with van der Waals surface area (Å²) in [5.74, 6) is -0.584. The van der Waals surface area contributed by atoms with Crippen molar-refractivity contribution in [3.05, 3.63) is 76.3 Å². The van der Waals surface area contributed by atoms with E-state index in [0.717, 1.165) is 5.56 Å². The molecule has 4 aromatic rings. The lowest BCUT2D eigenvalue weighted by molar-refractivity contribution is -0.384. The highest BCUT2D eigenvalue weighted by Crippen LogP contribution is 2.33. The Hall–Kier alpha value is -4.07. The molecule has 0 N–H and O–H groups in total. The Morgan fingerprint density at radius 2 is 1.82 bits per heavy atom. The number of non-ortho nitro benzene ring substituents is 1. The fourth-order valence-electron chi connectivity index (χ4n) is 2.94. The third kappa shape index (κ3) is 2.96. The number of methoxy groups -OCH3 is 1. The van der Waals surface area contributed by atoms with Crippen LogP contribution >= 0.6 is 0 Å². The van der Waals surface area contributed by atoms with Crippen molar-refractivity contribution >= 4 is 22.8 Å². The van der Waals surface area contributed by atoms with Crippen LogP contribution in [0.4, 0.5) is 5.69 Å². The monoisotopic (exact) mass is 375 g/mol. The van der Waals surface area contributed by atoms with Crippen molar-refractivity contribution in [2.24, 2.45) is 0 Å². The van der Waals surface area contributed by atoms with Crippen molar-refractivity contribution in [2.45, 2.75) is 0 Å². The molecule has 0 amide bonds. The average Bonchev–Trinajstić information content (AvgIpc) is 3.17. The smallest absolute Gasteiger partial charge is 0.338 e. The number of hydrogen-bond donors (Lipinski definition) is 0. The van der Waals surface area contributed by atoms with Crippen molar-refractivity contribution in [2.75, 3.05) is 7.11 Å². The molecule has 0 unspecified atom stereocenters. The third-order valence-corrected chi connectivity index (χ3v) is 4.25. The van der Waals surface area contributed by atoms with E-state index in [1.54, 1.807) is 12.1 Å². The molecule has 2 heterocycles. The summed E-state index contributed by atoms with van der Waals surface area (Å²) in [5, 5.41) is 15.6. The predicted molar refractivity (Wildman–Crippen MR) is 101 cm³/mol. The van der Waals surface area contributed by atoms with Gasteiger partial charge in [-0.1, -0.05) is 47.6 Å².